The number of pyridine rings is 1. The highest BCUT2D eigenvalue weighted by molar-refractivity contribution is 5.90. The molecule has 0 radical (unpaired) electrons. The fourth-order valence-electron chi connectivity index (χ4n) is 3.63. The van der Waals surface area contributed by atoms with E-state index in [0.29, 0.717) is 25.8 Å². The Balaban J connectivity index is 1.37. The van der Waals surface area contributed by atoms with Gasteiger partial charge in [-0.3, -0.25) is 9.78 Å². The Morgan fingerprint density at radius 2 is 2.10 bits per heavy atom. The molecule has 6 nitrogen and oxygen atoms in total. The van der Waals surface area contributed by atoms with E-state index < -0.39 is 0 Å². The number of imidazole rings is 1. The van der Waals surface area contributed by atoms with E-state index in [1.165, 1.54) is 6.07 Å². The van der Waals surface area contributed by atoms with Gasteiger partial charge in [-0.15, -0.1) is 0 Å². The third kappa shape index (κ3) is 4.74. The second-order valence-corrected chi connectivity index (χ2v) is 7.24. The molecular weight excluding hydrogens is 381 g/mol. The minimum Gasteiger partial charge on any atom is -0.356 e. The lowest BCUT2D eigenvalue weighted by atomic mass is 10.0. The number of rotatable bonds is 9. The van der Waals surface area contributed by atoms with Crippen LogP contribution in [0.2, 0.25) is 0 Å². The van der Waals surface area contributed by atoms with Crippen molar-refractivity contribution in [2.24, 2.45) is 0 Å². The van der Waals surface area contributed by atoms with Crippen molar-refractivity contribution in [3.63, 3.8) is 0 Å². The highest BCUT2D eigenvalue weighted by atomic mass is 19.1. The van der Waals surface area contributed by atoms with Gasteiger partial charge in [0.25, 0.3) is 0 Å². The number of nitrogens with zero attached hydrogens (tertiary/aromatic N) is 3. The Labute approximate surface area is 174 Å². The van der Waals surface area contributed by atoms with Gasteiger partial charge in [-0.05, 0) is 55.2 Å². The molecule has 0 bridgehead atoms. The predicted octanol–water partition coefficient (Wildman–Crippen LogP) is 4.09. The number of amides is 1. The average molecular weight is 405 g/mol. The van der Waals surface area contributed by atoms with Gasteiger partial charge in [0.05, 0.1) is 17.7 Å². The molecule has 1 amide bonds. The summed E-state index contributed by atoms with van der Waals surface area (Å²) in [6.07, 6.45) is 9.78. The molecule has 0 saturated carbocycles. The maximum Gasteiger partial charge on any atom is 0.220 e. The molecule has 1 aromatic carbocycles. The van der Waals surface area contributed by atoms with Gasteiger partial charge in [0.15, 0.2) is 0 Å². The monoisotopic (exact) mass is 405 g/mol. The second kappa shape index (κ2) is 9.35. The number of H-pyrrole nitrogens is 1. The summed E-state index contributed by atoms with van der Waals surface area (Å²) < 4.78 is 15.8. The van der Waals surface area contributed by atoms with Crippen molar-refractivity contribution < 1.29 is 9.18 Å². The number of hydrogen-bond acceptors (Lipinski definition) is 3. The molecule has 0 aliphatic carbocycles. The second-order valence-electron chi connectivity index (χ2n) is 7.24. The number of benzene rings is 1. The van der Waals surface area contributed by atoms with Crippen molar-refractivity contribution in [2.75, 3.05) is 6.54 Å². The van der Waals surface area contributed by atoms with Gasteiger partial charge in [-0.1, -0.05) is 6.07 Å². The number of fused-ring (bicyclic) bond motifs is 1. The maximum absolute atomic E-state index is 13.9. The largest absolute Gasteiger partial charge is 0.356 e. The molecule has 0 unspecified atom stereocenters. The van der Waals surface area contributed by atoms with Crippen molar-refractivity contribution in [1.82, 2.24) is 24.8 Å². The van der Waals surface area contributed by atoms with Crippen LogP contribution in [0.1, 0.15) is 24.8 Å². The van der Waals surface area contributed by atoms with Gasteiger partial charge in [0.2, 0.25) is 5.91 Å². The molecule has 3 aromatic heterocycles. The lowest BCUT2D eigenvalue weighted by molar-refractivity contribution is -0.121. The summed E-state index contributed by atoms with van der Waals surface area (Å²) >= 11 is 0. The Hall–Kier alpha value is -3.48. The summed E-state index contributed by atoms with van der Waals surface area (Å²) in [6.45, 7) is 1.46. The van der Waals surface area contributed by atoms with E-state index in [9.17, 15) is 9.18 Å². The summed E-state index contributed by atoms with van der Waals surface area (Å²) in [5.74, 6) is -0.239. The van der Waals surface area contributed by atoms with Gasteiger partial charge in [0, 0.05) is 49.0 Å². The molecule has 0 spiro atoms. The molecule has 4 rings (SSSR count). The van der Waals surface area contributed by atoms with Crippen LogP contribution in [-0.4, -0.2) is 32.0 Å². The quantitative estimate of drug-likeness (QED) is 0.412. The van der Waals surface area contributed by atoms with Crippen LogP contribution in [0.15, 0.2) is 61.3 Å². The minimum absolute atomic E-state index is 0.0334. The summed E-state index contributed by atoms with van der Waals surface area (Å²) in [5, 5.41) is 3.81. The van der Waals surface area contributed by atoms with E-state index in [2.05, 4.69) is 20.3 Å². The molecule has 7 heteroatoms. The first-order valence-corrected chi connectivity index (χ1v) is 10.1. The van der Waals surface area contributed by atoms with E-state index in [1.807, 2.05) is 29.0 Å². The first kappa shape index (κ1) is 19.8. The molecule has 3 heterocycles. The Morgan fingerprint density at radius 1 is 1.17 bits per heavy atom. The Kier molecular flexibility index (Phi) is 6.17. The molecule has 0 atom stereocenters. The zero-order valence-corrected chi connectivity index (χ0v) is 16.6. The molecule has 154 valence electrons. The lowest BCUT2D eigenvalue weighted by Gasteiger charge is -2.07. The van der Waals surface area contributed by atoms with Crippen molar-refractivity contribution in [3.8, 4) is 11.4 Å². The summed E-state index contributed by atoms with van der Waals surface area (Å²) in [4.78, 5) is 24.0. The first-order chi connectivity index (χ1) is 14.7. The minimum atomic E-state index is -0.272. The average Bonchev–Trinajstić information content (AvgIpc) is 3.40. The number of hydrogen-bond donors (Lipinski definition) is 2. The standard InChI is InChI=1S/C23H24FN5O/c24-17-8-9-20-19(15-17)18(23(28-20)21-6-1-2-10-26-21)5-3-7-22(30)27-11-4-13-29-14-12-25-16-29/h1-2,6,8-10,12,14-16,28H,3-5,7,11,13H2,(H,27,30). The summed E-state index contributed by atoms with van der Waals surface area (Å²) in [7, 11) is 0. The number of aryl methyl sites for hydroxylation is 2. The zero-order valence-electron chi connectivity index (χ0n) is 16.6. The smallest absolute Gasteiger partial charge is 0.220 e. The molecule has 4 aromatic rings. The van der Waals surface area contributed by atoms with Crippen LogP contribution in [-0.2, 0) is 17.8 Å². The van der Waals surface area contributed by atoms with E-state index in [-0.39, 0.29) is 11.7 Å². The van der Waals surface area contributed by atoms with Crippen LogP contribution < -0.4 is 5.32 Å². The van der Waals surface area contributed by atoms with Gasteiger partial charge in [-0.2, -0.15) is 0 Å². The van der Waals surface area contributed by atoms with E-state index in [1.54, 1.807) is 30.9 Å². The summed E-state index contributed by atoms with van der Waals surface area (Å²) in [6, 6.07) is 10.5. The highest BCUT2D eigenvalue weighted by Crippen LogP contribution is 2.31. The normalized spacial score (nSPS) is 11.1. The van der Waals surface area contributed by atoms with Gasteiger partial charge in [-0.25, -0.2) is 9.37 Å². The van der Waals surface area contributed by atoms with E-state index >= 15 is 0 Å². The van der Waals surface area contributed by atoms with Crippen molar-refractivity contribution in [3.05, 3.63) is 72.7 Å². The zero-order chi connectivity index (χ0) is 20.8. The molecule has 0 saturated heterocycles. The number of carbonyl (C=O) groups excluding carboxylic acids is 1. The van der Waals surface area contributed by atoms with Crippen molar-refractivity contribution >= 4 is 16.8 Å². The molecule has 0 aliphatic heterocycles. The number of aromatic nitrogens is 4. The van der Waals surface area contributed by atoms with Gasteiger partial charge >= 0.3 is 0 Å². The van der Waals surface area contributed by atoms with Gasteiger partial charge < -0.3 is 14.9 Å². The van der Waals surface area contributed by atoms with E-state index in [4.69, 9.17) is 0 Å². The van der Waals surface area contributed by atoms with Crippen LogP contribution in [0, 0.1) is 5.82 Å². The number of aromatic amines is 1. The molecule has 0 fully saturated rings. The summed E-state index contributed by atoms with van der Waals surface area (Å²) in [5.41, 5.74) is 3.57. The molecular formula is C23H24FN5O. The molecule has 2 N–H and O–H groups in total. The predicted molar refractivity (Wildman–Crippen MR) is 114 cm³/mol. The third-order valence-electron chi connectivity index (χ3n) is 5.09. The van der Waals surface area contributed by atoms with Crippen LogP contribution in [0.5, 0.6) is 0 Å². The fourth-order valence-corrected chi connectivity index (χ4v) is 3.63. The first-order valence-electron chi connectivity index (χ1n) is 10.1. The molecule has 30 heavy (non-hydrogen) atoms. The van der Waals surface area contributed by atoms with Gasteiger partial charge in [0.1, 0.15) is 5.82 Å². The molecule has 0 aliphatic rings. The topological polar surface area (TPSA) is 75.6 Å². The van der Waals surface area contributed by atoms with E-state index in [0.717, 1.165) is 40.8 Å². The highest BCUT2D eigenvalue weighted by Gasteiger charge is 2.15. The fraction of sp³-hybridized carbons (Fsp3) is 0.261. The van der Waals surface area contributed by atoms with Crippen LogP contribution in [0.3, 0.4) is 0 Å². The lowest BCUT2D eigenvalue weighted by Crippen LogP contribution is -2.25. The maximum atomic E-state index is 13.9. The Bertz CT molecular complexity index is 1110. The van der Waals surface area contributed by atoms with Crippen molar-refractivity contribution in [1.29, 1.82) is 0 Å². The Morgan fingerprint density at radius 3 is 2.90 bits per heavy atom. The number of halogens is 1. The number of nitrogens with one attached hydrogen (secondary N) is 2. The van der Waals surface area contributed by atoms with Crippen LogP contribution >= 0.6 is 0 Å². The number of carbonyl (C=O) groups is 1. The van der Waals surface area contributed by atoms with Crippen LogP contribution in [0.25, 0.3) is 22.3 Å². The third-order valence-corrected chi connectivity index (χ3v) is 5.09. The SMILES string of the molecule is O=C(CCCc1c(-c2ccccn2)[nH]c2ccc(F)cc12)NCCCn1ccnc1. The van der Waals surface area contributed by atoms with Crippen molar-refractivity contribution in [2.45, 2.75) is 32.2 Å². The van der Waals surface area contributed by atoms with Crippen LogP contribution in [0.4, 0.5) is 4.39 Å².